The third-order valence-electron chi connectivity index (χ3n) is 3.90. The van der Waals surface area contributed by atoms with Crippen molar-refractivity contribution in [2.45, 2.75) is 18.7 Å². The summed E-state index contributed by atoms with van der Waals surface area (Å²) < 4.78 is 5.56. The summed E-state index contributed by atoms with van der Waals surface area (Å²) in [6.07, 6.45) is -0.708. The highest BCUT2D eigenvalue weighted by molar-refractivity contribution is 7.09. The van der Waals surface area contributed by atoms with Gasteiger partial charge in [0.15, 0.2) is 6.10 Å². The highest BCUT2D eigenvalue weighted by atomic mass is 32.1. The number of rotatable bonds is 4. The predicted molar refractivity (Wildman–Crippen MR) is 87.9 cm³/mol. The number of likely N-dealkylation sites (N-methyl/N-ethyl adjacent to an activating group) is 1. The number of thiophene rings is 1. The molecule has 0 aliphatic carbocycles. The number of nitrogens with zero attached hydrogens (tertiary/aromatic N) is 1. The molecule has 1 saturated heterocycles. The quantitative estimate of drug-likeness (QED) is 0.932. The number of ether oxygens (including phenoxy) is 1. The van der Waals surface area contributed by atoms with Crippen LogP contribution in [-0.4, -0.2) is 36.5 Å². The Morgan fingerprint density at radius 3 is 2.78 bits per heavy atom. The van der Waals surface area contributed by atoms with E-state index in [9.17, 15) is 9.59 Å². The van der Waals surface area contributed by atoms with Crippen LogP contribution < -0.4 is 5.32 Å². The summed E-state index contributed by atoms with van der Waals surface area (Å²) in [7, 11) is 1.71. The molecule has 1 aliphatic rings. The Hall–Kier alpha value is -2.18. The Kier molecular flexibility index (Phi) is 4.73. The first-order valence-electron chi connectivity index (χ1n) is 7.39. The molecule has 2 aromatic rings. The molecule has 0 radical (unpaired) electrons. The van der Waals surface area contributed by atoms with Gasteiger partial charge in [0.05, 0.1) is 12.6 Å². The van der Waals surface area contributed by atoms with Crippen molar-refractivity contribution < 1.29 is 14.3 Å². The van der Waals surface area contributed by atoms with Crippen molar-refractivity contribution in [1.82, 2.24) is 10.2 Å². The molecule has 1 aromatic carbocycles. The lowest BCUT2D eigenvalue weighted by Crippen LogP contribution is -2.52. The van der Waals surface area contributed by atoms with Gasteiger partial charge in [0, 0.05) is 11.9 Å². The first-order chi connectivity index (χ1) is 11.2. The van der Waals surface area contributed by atoms with Gasteiger partial charge >= 0.3 is 0 Å². The van der Waals surface area contributed by atoms with Crippen molar-refractivity contribution in [2.24, 2.45) is 0 Å². The minimum absolute atomic E-state index is 0.0725. The van der Waals surface area contributed by atoms with E-state index >= 15 is 0 Å². The molecule has 1 N–H and O–H groups in total. The molecule has 6 heteroatoms. The number of morpholine rings is 1. The highest BCUT2D eigenvalue weighted by Crippen LogP contribution is 2.29. The second kappa shape index (κ2) is 6.93. The Bertz CT molecular complexity index is 672. The summed E-state index contributed by atoms with van der Waals surface area (Å²) in [5.41, 5.74) is 0.888. The van der Waals surface area contributed by atoms with Crippen LogP contribution in [0.1, 0.15) is 16.5 Å². The maximum absolute atomic E-state index is 12.6. The van der Waals surface area contributed by atoms with E-state index in [4.69, 9.17) is 4.74 Å². The number of benzene rings is 1. The van der Waals surface area contributed by atoms with Gasteiger partial charge in [0.1, 0.15) is 6.61 Å². The van der Waals surface area contributed by atoms with E-state index in [0.717, 1.165) is 10.4 Å². The Balaban J connectivity index is 1.77. The largest absolute Gasteiger partial charge is 0.356 e. The molecule has 1 fully saturated rings. The van der Waals surface area contributed by atoms with Crippen LogP contribution in [-0.2, 0) is 20.9 Å². The zero-order valence-electron chi connectivity index (χ0n) is 12.8. The van der Waals surface area contributed by atoms with Crippen LogP contribution in [0.15, 0.2) is 47.8 Å². The lowest BCUT2D eigenvalue weighted by molar-refractivity contribution is -0.162. The van der Waals surface area contributed by atoms with Gasteiger partial charge in [0.2, 0.25) is 5.91 Å². The van der Waals surface area contributed by atoms with Crippen LogP contribution in [0.25, 0.3) is 0 Å². The second-order valence-electron chi connectivity index (χ2n) is 5.39. The summed E-state index contributed by atoms with van der Waals surface area (Å²) in [4.78, 5) is 27.2. The standard InChI is InChI=1S/C17H18N2O3S/c1-19-14(20)11-22-16(15(19)12-6-3-2-4-7-12)17(21)18-10-13-8-5-9-23-13/h2-9,15-16H,10-11H2,1H3,(H,18,21)/t15-,16-/m1/s1. The average molecular weight is 330 g/mol. The minimum Gasteiger partial charge on any atom is -0.356 e. The molecular weight excluding hydrogens is 312 g/mol. The molecule has 5 nitrogen and oxygen atoms in total. The lowest BCUT2D eigenvalue weighted by Gasteiger charge is -2.38. The Morgan fingerprint density at radius 1 is 1.30 bits per heavy atom. The van der Waals surface area contributed by atoms with Crippen molar-refractivity contribution >= 4 is 23.2 Å². The summed E-state index contributed by atoms with van der Waals surface area (Å²) in [5.74, 6) is -0.326. The molecule has 1 aromatic heterocycles. The van der Waals surface area contributed by atoms with Crippen molar-refractivity contribution in [3.63, 3.8) is 0 Å². The predicted octanol–water partition coefficient (Wildman–Crippen LogP) is 1.96. The molecular formula is C17H18N2O3S. The maximum atomic E-state index is 12.6. The van der Waals surface area contributed by atoms with E-state index in [1.54, 1.807) is 23.3 Å². The van der Waals surface area contributed by atoms with Gasteiger partial charge in [-0.2, -0.15) is 0 Å². The number of nitrogens with one attached hydrogen (secondary N) is 1. The summed E-state index contributed by atoms with van der Waals surface area (Å²) in [6.45, 7) is 0.395. The first-order valence-corrected chi connectivity index (χ1v) is 8.27. The van der Waals surface area contributed by atoms with Gasteiger partial charge in [-0.15, -0.1) is 11.3 Å². The van der Waals surface area contributed by atoms with E-state index in [1.165, 1.54) is 0 Å². The summed E-state index contributed by atoms with van der Waals surface area (Å²) in [6, 6.07) is 13.0. The fourth-order valence-corrected chi connectivity index (χ4v) is 3.31. The van der Waals surface area contributed by atoms with Gasteiger partial charge in [-0.25, -0.2) is 0 Å². The average Bonchev–Trinajstić information content (AvgIpc) is 3.09. The van der Waals surface area contributed by atoms with Gasteiger partial charge in [0.25, 0.3) is 5.91 Å². The molecule has 120 valence electrons. The molecule has 23 heavy (non-hydrogen) atoms. The zero-order valence-corrected chi connectivity index (χ0v) is 13.6. The van der Waals surface area contributed by atoms with Crippen molar-refractivity contribution in [3.05, 3.63) is 58.3 Å². The smallest absolute Gasteiger partial charge is 0.251 e. The fourth-order valence-electron chi connectivity index (χ4n) is 2.67. The molecule has 0 bridgehead atoms. The fraction of sp³-hybridized carbons (Fsp3) is 0.294. The van der Waals surface area contributed by atoms with E-state index in [1.807, 2.05) is 47.8 Å². The monoisotopic (exact) mass is 330 g/mol. The molecule has 2 amide bonds. The first kappa shape index (κ1) is 15.7. The van der Waals surface area contributed by atoms with Crippen LogP contribution in [0, 0.1) is 0 Å². The number of carbonyl (C=O) groups excluding carboxylic acids is 2. The number of hydrogen-bond acceptors (Lipinski definition) is 4. The van der Waals surface area contributed by atoms with Crippen LogP contribution in [0.5, 0.6) is 0 Å². The molecule has 2 atom stereocenters. The molecule has 0 saturated carbocycles. The van der Waals surface area contributed by atoms with Gasteiger partial charge < -0.3 is 15.0 Å². The summed E-state index contributed by atoms with van der Waals surface area (Å²) >= 11 is 1.59. The van der Waals surface area contributed by atoms with Gasteiger partial charge in [-0.05, 0) is 17.0 Å². The van der Waals surface area contributed by atoms with E-state index in [-0.39, 0.29) is 18.4 Å². The lowest BCUT2D eigenvalue weighted by atomic mass is 9.97. The van der Waals surface area contributed by atoms with Crippen molar-refractivity contribution in [1.29, 1.82) is 0 Å². The van der Waals surface area contributed by atoms with E-state index < -0.39 is 12.1 Å². The topological polar surface area (TPSA) is 58.6 Å². The van der Waals surface area contributed by atoms with Gasteiger partial charge in [-0.3, -0.25) is 9.59 Å². The zero-order chi connectivity index (χ0) is 16.2. The molecule has 0 unspecified atom stereocenters. The number of hydrogen-bond donors (Lipinski definition) is 1. The normalized spacial score (nSPS) is 21.3. The van der Waals surface area contributed by atoms with E-state index in [0.29, 0.717) is 6.54 Å². The van der Waals surface area contributed by atoms with E-state index in [2.05, 4.69) is 5.32 Å². The summed E-state index contributed by atoms with van der Waals surface area (Å²) in [5, 5.41) is 4.87. The van der Waals surface area contributed by atoms with Crippen LogP contribution in [0.4, 0.5) is 0 Å². The van der Waals surface area contributed by atoms with Crippen LogP contribution in [0.3, 0.4) is 0 Å². The molecule has 1 aliphatic heterocycles. The van der Waals surface area contributed by atoms with Crippen LogP contribution >= 0.6 is 11.3 Å². The minimum atomic E-state index is -0.708. The highest BCUT2D eigenvalue weighted by Gasteiger charge is 2.39. The third kappa shape index (κ3) is 3.43. The third-order valence-corrected chi connectivity index (χ3v) is 4.78. The number of amides is 2. The second-order valence-corrected chi connectivity index (χ2v) is 6.42. The SMILES string of the molecule is CN1C(=O)CO[C@@H](C(=O)NCc2cccs2)[C@H]1c1ccccc1. The maximum Gasteiger partial charge on any atom is 0.251 e. The Morgan fingerprint density at radius 2 is 2.09 bits per heavy atom. The molecule has 0 spiro atoms. The van der Waals surface area contributed by atoms with Crippen LogP contribution in [0.2, 0.25) is 0 Å². The van der Waals surface area contributed by atoms with Crippen molar-refractivity contribution in [2.75, 3.05) is 13.7 Å². The van der Waals surface area contributed by atoms with Gasteiger partial charge in [-0.1, -0.05) is 36.4 Å². The van der Waals surface area contributed by atoms with Crippen molar-refractivity contribution in [3.8, 4) is 0 Å². The Labute approximate surface area is 138 Å². The number of carbonyl (C=O) groups is 2. The molecule has 2 heterocycles. The molecule has 3 rings (SSSR count).